The average Bonchev–Trinajstić information content (AvgIpc) is 2.38. The summed E-state index contributed by atoms with van der Waals surface area (Å²) in [5.74, 6) is -0.662. The largest absolute Gasteiger partial charge is 0.508 e. The Morgan fingerprint density at radius 1 is 1.33 bits per heavy atom. The molecule has 0 aliphatic carbocycles. The molecule has 1 amide bonds. The molecule has 0 unspecified atom stereocenters. The molecule has 0 saturated heterocycles. The minimum Gasteiger partial charge on any atom is -0.508 e. The van der Waals surface area contributed by atoms with Crippen LogP contribution in [0.25, 0.3) is 0 Å². The summed E-state index contributed by atoms with van der Waals surface area (Å²) in [5.41, 5.74) is 5.27. The molecule has 0 spiro atoms. The molecular weight excluding hydrogens is 232 g/mol. The smallest absolute Gasteiger partial charge is 0.255 e. The van der Waals surface area contributed by atoms with Gasteiger partial charge in [0.1, 0.15) is 11.5 Å². The van der Waals surface area contributed by atoms with Gasteiger partial charge in [0.05, 0.1) is 11.1 Å². The van der Waals surface area contributed by atoms with Gasteiger partial charge in [-0.25, -0.2) is 0 Å². The van der Waals surface area contributed by atoms with Crippen LogP contribution in [0, 0.1) is 0 Å². The summed E-state index contributed by atoms with van der Waals surface area (Å²) in [7, 11) is 0. The van der Waals surface area contributed by atoms with Crippen molar-refractivity contribution in [2.24, 2.45) is 5.73 Å². The summed E-state index contributed by atoms with van der Waals surface area (Å²) >= 11 is 0. The Hall–Kier alpha value is -1.75. The predicted molar refractivity (Wildman–Crippen MR) is 69.6 cm³/mol. The van der Waals surface area contributed by atoms with Gasteiger partial charge in [-0.15, -0.1) is 0 Å². The van der Waals surface area contributed by atoms with Gasteiger partial charge in [-0.1, -0.05) is 13.8 Å². The molecule has 0 atom stereocenters. The van der Waals surface area contributed by atoms with Gasteiger partial charge in [-0.05, 0) is 31.0 Å². The van der Waals surface area contributed by atoms with Crippen LogP contribution in [0.3, 0.4) is 0 Å². The number of aromatic hydroxyl groups is 2. The minimum atomic E-state index is -0.477. The zero-order chi connectivity index (χ0) is 13.8. The molecule has 5 nitrogen and oxygen atoms in total. The number of carbonyl (C=O) groups is 1. The van der Waals surface area contributed by atoms with E-state index in [1.54, 1.807) is 0 Å². The van der Waals surface area contributed by atoms with E-state index in [0.29, 0.717) is 19.4 Å². The van der Waals surface area contributed by atoms with E-state index in [0.717, 1.165) is 0 Å². The van der Waals surface area contributed by atoms with E-state index < -0.39 is 11.4 Å². The monoisotopic (exact) mass is 252 g/mol. The highest BCUT2D eigenvalue weighted by atomic mass is 16.3. The summed E-state index contributed by atoms with van der Waals surface area (Å²) in [6.45, 7) is 4.21. The fourth-order valence-electron chi connectivity index (χ4n) is 1.78. The molecule has 1 rings (SSSR count). The maximum atomic E-state index is 12.1. The Bertz CT molecular complexity index is 420. The van der Waals surface area contributed by atoms with Crippen molar-refractivity contribution in [1.29, 1.82) is 0 Å². The van der Waals surface area contributed by atoms with E-state index in [-0.39, 0.29) is 17.1 Å². The molecule has 0 radical (unpaired) electrons. The third kappa shape index (κ3) is 2.92. The van der Waals surface area contributed by atoms with Crippen molar-refractivity contribution < 1.29 is 15.0 Å². The molecule has 0 aromatic heterocycles. The van der Waals surface area contributed by atoms with Crippen LogP contribution in [0.2, 0.25) is 0 Å². The SMILES string of the molecule is CCC(CC)(CN)NC(=O)c1cc(O)ccc1O. The molecule has 0 fully saturated rings. The Morgan fingerprint density at radius 2 is 1.94 bits per heavy atom. The van der Waals surface area contributed by atoms with Crippen molar-refractivity contribution in [3.8, 4) is 11.5 Å². The second kappa shape index (κ2) is 5.73. The summed E-state index contributed by atoms with van der Waals surface area (Å²) < 4.78 is 0. The molecule has 5 heteroatoms. The van der Waals surface area contributed by atoms with Crippen molar-refractivity contribution in [2.75, 3.05) is 6.54 Å². The van der Waals surface area contributed by atoms with Crippen molar-refractivity contribution in [1.82, 2.24) is 5.32 Å². The maximum Gasteiger partial charge on any atom is 0.255 e. The molecule has 0 aliphatic rings. The number of phenols is 2. The first-order valence-corrected chi connectivity index (χ1v) is 6.02. The Kier molecular flexibility index (Phi) is 4.55. The molecule has 1 aromatic rings. The number of hydrogen-bond donors (Lipinski definition) is 4. The molecule has 0 aliphatic heterocycles. The van der Waals surface area contributed by atoms with E-state index in [1.165, 1.54) is 18.2 Å². The van der Waals surface area contributed by atoms with E-state index in [4.69, 9.17) is 5.73 Å². The minimum absolute atomic E-state index is 0.0507. The lowest BCUT2D eigenvalue weighted by Gasteiger charge is -2.31. The average molecular weight is 252 g/mol. The Balaban J connectivity index is 2.97. The van der Waals surface area contributed by atoms with E-state index in [9.17, 15) is 15.0 Å². The fourth-order valence-corrected chi connectivity index (χ4v) is 1.78. The van der Waals surface area contributed by atoms with Crippen molar-refractivity contribution in [3.63, 3.8) is 0 Å². The van der Waals surface area contributed by atoms with E-state index in [2.05, 4.69) is 5.32 Å². The fraction of sp³-hybridized carbons (Fsp3) is 0.462. The number of amides is 1. The third-order valence-electron chi connectivity index (χ3n) is 3.35. The van der Waals surface area contributed by atoms with Gasteiger partial charge in [0.25, 0.3) is 5.91 Å². The molecule has 0 saturated carbocycles. The number of rotatable bonds is 5. The van der Waals surface area contributed by atoms with Gasteiger partial charge < -0.3 is 21.3 Å². The van der Waals surface area contributed by atoms with Gasteiger partial charge in [0.2, 0.25) is 0 Å². The van der Waals surface area contributed by atoms with Gasteiger partial charge in [-0.2, -0.15) is 0 Å². The zero-order valence-electron chi connectivity index (χ0n) is 10.7. The summed E-state index contributed by atoms with van der Waals surface area (Å²) in [4.78, 5) is 12.1. The number of nitrogens with one attached hydrogen (secondary N) is 1. The van der Waals surface area contributed by atoms with Crippen LogP contribution in [0.1, 0.15) is 37.0 Å². The van der Waals surface area contributed by atoms with Gasteiger partial charge in [0.15, 0.2) is 0 Å². The standard InChI is InChI=1S/C13H20N2O3/c1-3-13(4-2,8-14)15-12(18)10-7-9(16)5-6-11(10)17/h5-7,16-17H,3-4,8,14H2,1-2H3,(H,15,18). The highest BCUT2D eigenvalue weighted by Crippen LogP contribution is 2.23. The van der Waals surface area contributed by atoms with Crippen LogP contribution < -0.4 is 11.1 Å². The number of carbonyl (C=O) groups excluding carboxylic acids is 1. The quantitative estimate of drug-likeness (QED) is 0.595. The first-order chi connectivity index (χ1) is 8.48. The van der Waals surface area contributed by atoms with Crippen molar-refractivity contribution in [2.45, 2.75) is 32.2 Å². The highest BCUT2D eigenvalue weighted by Gasteiger charge is 2.27. The van der Waals surface area contributed by atoms with Gasteiger partial charge in [0, 0.05) is 6.54 Å². The number of hydrogen-bond acceptors (Lipinski definition) is 4. The topological polar surface area (TPSA) is 95.6 Å². The summed E-state index contributed by atoms with van der Waals surface area (Å²) in [6, 6.07) is 3.84. The van der Waals surface area contributed by atoms with Crippen LogP contribution >= 0.6 is 0 Å². The number of benzene rings is 1. The highest BCUT2D eigenvalue weighted by molar-refractivity contribution is 5.97. The second-order valence-electron chi connectivity index (χ2n) is 4.35. The number of nitrogens with two attached hydrogens (primary N) is 1. The van der Waals surface area contributed by atoms with E-state index in [1.807, 2.05) is 13.8 Å². The number of phenolic OH excluding ortho intramolecular Hbond substituents is 2. The lowest BCUT2D eigenvalue weighted by Crippen LogP contribution is -2.52. The molecule has 0 heterocycles. The molecular formula is C13H20N2O3. The van der Waals surface area contributed by atoms with Crippen LogP contribution in [-0.4, -0.2) is 28.2 Å². The summed E-state index contributed by atoms with van der Waals surface area (Å²) in [5, 5.41) is 21.8. The zero-order valence-corrected chi connectivity index (χ0v) is 10.7. The Labute approximate surface area is 107 Å². The lowest BCUT2D eigenvalue weighted by atomic mass is 9.92. The van der Waals surface area contributed by atoms with E-state index >= 15 is 0 Å². The lowest BCUT2D eigenvalue weighted by molar-refractivity contribution is 0.0892. The molecule has 18 heavy (non-hydrogen) atoms. The Morgan fingerprint density at radius 3 is 2.44 bits per heavy atom. The van der Waals surface area contributed by atoms with Crippen LogP contribution in [0.4, 0.5) is 0 Å². The third-order valence-corrected chi connectivity index (χ3v) is 3.35. The van der Waals surface area contributed by atoms with Crippen LogP contribution in [0.5, 0.6) is 11.5 Å². The predicted octanol–water partition coefficient (Wildman–Crippen LogP) is 1.35. The van der Waals surface area contributed by atoms with Gasteiger partial charge in [-0.3, -0.25) is 4.79 Å². The molecule has 100 valence electrons. The summed E-state index contributed by atoms with van der Waals surface area (Å²) in [6.07, 6.45) is 1.40. The second-order valence-corrected chi connectivity index (χ2v) is 4.35. The van der Waals surface area contributed by atoms with Gasteiger partial charge >= 0.3 is 0 Å². The maximum absolute atomic E-state index is 12.1. The van der Waals surface area contributed by atoms with Crippen LogP contribution in [0.15, 0.2) is 18.2 Å². The van der Waals surface area contributed by atoms with Crippen molar-refractivity contribution >= 4 is 5.91 Å². The normalized spacial score (nSPS) is 11.3. The first-order valence-electron chi connectivity index (χ1n) is 6.02. The van der Waals surface area contributed by atoms with Crippen LogP contribution in [-0.2, 0) is 0 Å². The first kappa shape index (κ1) is 14.3. The molecule has 0 bridgehead atoms. The molecule has 1 aromatic carbocycles. The molecule has 5 N–H and O–H groups in total. The van der Waals surface area contributed by atoms with Crippen molar-refractivity contribution in [3.05, 3.63) is 23.8 Å².